The minimum absolute atomic E-state index is 0.129. The summed E-state index contributed by atoms with van der Waals surface area (Å²) in [6, 6.07) is 11.9. The third kappa shape index (κ3) is 5.78. The maximum atomic E-state index is 13.0. The molecule has 0 aromatic heterocycles. The molecule has 1 unspecified atom stereocenters. The molecule has 2 aromatic rings. The lowest BCUT2D eigenvalue weighted by atomic mass is 10.0. The van der Waals surface area contributed by atoms with Crippen LogP contribution < -0.4 is 11.1 Å². The average molecular weight is 422 g/mol. The molecule has 1 amide bonds. The van der Waals surface area contributed by atoms with Crippen molar-refractivity contribution in [3.8, 4) is 0 Å². The van der Waals surface area contributed by atoms with E-state index in [0.29, 0.717) is 37.4 Å². The molecule has 31 heavy (non-hydrogen) atoms. The fraction of sp³-hybridized carbons (Fsp3) is 0.292. The van der Waals surface area contributed by atoms with E-state index in [-0.39, 0.29) is 11.7 Å². The van der Waals surface area contributed by atoms with Crippen LogP contribution in [0.4, 0.5) is 10.1 Å². The largest absolute Gasteiger partial charge is 0.404 e. The summed E-state index contributed by atoms with van der Waals surface area (Å²) in [5, 5.41) is 18.5. The summed E-state index contributed by atoms with van der Waals surface area (Å²) in [5.74, 6) is 0.204. The Labute approximate surface area is 182 Å². The first-order valence-electron chi connectivity index (χ1n) is 10.4. The summed E-state index contributed by atoms with van der Waals surface area (Å²) in [5.41, 5.74) is 9.48. The molecular weight excluding hydrogens is 393 g/mol. The van der Waals surface area contributed by atoms with Crippen LogP contribution in [-0.4, -0.2) is 42.9 Å². The van der Waals surface area contributed by atoms with Crippen molar-refractivity contribution in [2.45, 2.75) is 19.3 Å². The fourth-order valence-corrected chi connectivity index (χ4v) is 3.79. The van der Waals surface area contributed by atoms with E-state index < -0.39 is 0 Å². The summed E-state index contributed by atoms with van der Waals surface area (Å²) < 4.78 is 13.0. The van der Waals surface area contributed by atoms with Gasteiger partial charge in [-0.05, 0) is 54.2 Å². The number of carbonyl (C=O) groups excluding carboxylic acids is 1. The number of benzene rings is 2. The number of hydrogen-bond donors (Lipinski definition) is 4. The zero-order valence-electron chi connectivity index (χ0n) is 17.4. The highest BCUT2D eigenvalue weighted by Crippen LogP contribution is 2.23. The summed E-state index contributed by atoms with van der Waals surface area (Å²) in [4.78, 5) is 14.4. The number of amides is 1. The summed E-state index contributed by atoms with van der Waals surface area (Å²) >= 11 is 0. The number of halogens is 1. The number of rotatable bonds is 9. The van der Waals surface area contributed by atoms with E-state index in [1.165, 1.54) is 30.8 Å². The second-order valence-corrected chi connectivity index (χ2v) is 7.71. The van der Waals surface area contributed by atoms with Crippen LogP contribution in [-0.2, 0) is 11.2 Å². The molecule has 0 radical (unpaired) electrons. The zero-order valence-corrected chi connectivity index (χ0v) is 17.4. The number of carbonyl (C=O) groups is 1. The minimum atomic E-state index is -0.267. The third-order valence-corrected chi connectivity index (χ3v) is 5.64. The maximum Gasteiger partial charge on any atom is 0.222 e. The van der Waals surface area contributed by atoms with Crippen molar-refractivity contribution in [2.24, 2.45) is 11.7 Å². The summed E-state index contributed by atoms with van der Waals surface area (Å²) in [6.07, 6.45) is 5.82. The molecule has 5 N–H and O–H groups in total. The molecule has 3 rings (SSSR count). The molecule has 1 aliphatic heterocycles. The second kappa shape index (κ2) is 10.5. The number of hydrogen-bond acceptors (Lipinski definition) is 5. The fourth-order valence-electron chi connectivity index (χ4n) is 3.79. The lowest BCUT2D eigenvalue weighted by molar-refractivity contribution is -0.130. The minimum Gasteiger partial charge on any atom is -0.404 e. The van der Waals surface area contributed by atoms with Crippen LogP contribution in [0.2, 0.25) is 0 Å². The van der Waals surface area contributed by atoms with Crippen LogP contribution in [0.1, 0.15) is 29.5 Å². The van der Waals surface area contributed by atoms with Gasteiger partial charge in [0.2, 0.25) is 5.91 Å². The predicted molar refractivity (Wildman–Crippen MR) is 123 cm³/mol. The van der Waals surface area contributed by atoms with Gasteiger partial charge in [-0.2, -0.15) is 0 Å². The number of nitrogens with zero attached hydrogens (tertiary/aromatic N) is 1. The molecule has 0 aliphatic carbocycles. The highest BCUT2D eigenvalue weighted by Gasteiger charge is 2.25. The molecule has 0 spiro atoms. The van der Waals surface area contributed by atoms with Crippen molar-refractivity contribution in [1.82, 2.24) is 4.90 Å². The van der Waals surface area contributed by atoms with Crippen molar-refractivity contribution in [3.63, 3.8) is 0 Å². The van der Waals surface area contributed by atoms with Gasteiger partial charge in [-0.1, -0.05) is 18.2 Å². The normalized spacial score (nSPS) is 16.2. The number of nitrogens with one attached hydrogen (secondary N) is 3. The lowest BCUT2D eigenvalue weighted by Gasteiger charge is -2.18. The molecule has 7 heteroatoms. The van der Waals surface area contributed by atoms with E-state index in [1.807, 2.05) is 23.1 Å². The van der Waals surface area contributed by atoms with Gasteiger partial charge < -0.3 is 26.8 Å². The Morgan fingerprint density at radius 3 is 2.68 bits per heavy atom. The molecule has 1 aliphatic rings. The van der Waals surface area contributed by atoms with E-state index in [2.05, 4.69) is 5.32 Å². The maximum absolute atomic E-state index is 13.0. The third-order valence-electron chi connectivity index (χ3n) is 5.64. The average Bonchev–Trinajstić information content (AvgIpc) is 3.27. The van der Waals surface area contributed by atoms with Crippen LogP contribution in [0.25, 0.3) is 5.57 Å². The lowest BCUT2D eigenvalue weighted by Crippen LogP contribution is -2.29. The molecule has 1 heterocycles. The van der Waals surface area contributed by atoms with Gasteiger partial charge in [0.15, 0.2) is 0 Å². The Bertz CT molecular complexity index is 970. The SMILES string of the molecule is N=C/C(=C\N)c1ccc(NCC2CCN(C(=O)CCc3ccc(F)cc3)C2)c(C=N)c1. The monoisotopic (exact) mass is 421 g/mol. The van der Waals surface area contributed by atoms with Crippen molar-refractivity contribution >= 4 is 29.6 Å². The molecule has 2 aromatic carbocycles. The highest BCUT2D eigenvalue weighted by molar-refractivity contribution is 6.08. The first-order chi connectivity index (χ1) is 15.0. The number of anilines is 1. The molecule has 1 fully saturated rings. The Morgan fingerprint density at radius 2 is 2.00 bits per heavy atom. The Balaban J connectivity index is 1.51. The number of nitrogens with two attached hydrogens (primary N) is 1. The topological polar surface area (TPSA) is 106 Å². The van der Waals surface area contributed by atoms with Gasteiger partial charge in [0.25, 0.3) is 0 Å². The van der Waals surface area contributed by atoms with Crippen LogP contribution >= 0.6 is 0 Å². The van der Waals surface area contributed by atoms with Gasteiger partial charge in [0.1, 0.15) is 5.82 Å². The van der Waals surface area contributed by atoms with Crippen LogP contribution in [0, 0.1) is 22.6 Å². The molecule has 0 bridgehead atoms. The molecule has 0 saturated carbocycles. The first-order valence-corrected chi connectivity index (χ1v) is 10.4. The Kier molecular flexibility index (Phi) is 7.54. The standard InChI is InChI=1S/C24H28FN5O/c25-22-5-1-17(2-6-22)3-8-24(31)30-10-9-18(16-30)15-29-23-7-4-19(11-20(23)12-26)21(13-27)14-28/h1-2,4-7,11-14,18,26-27,29H,3,8-10,15-16,28H2/b21-14+,26-12?,27-13?. The molecule has 1 saturated heterocycles. The van der Waals surface area contributed by atoms with Gasteiger partial charge in [-0.15, -0.1) is 0 Å². The van der Waals surface area contributed by atoms with Crippen molar-refractivity contribution in [2.75, 3.05) is 25.0 Å². The van der Waals surface area contributed by atoms with E-state index >= 15 is 0 Å². The zero-order chi connectivity index (χ0) is 22.2. The van der Waals surface area contributed by atoms with E-state index in [1.54, 1.807) is 12.1 Å². The van der Waals surface area contributed by atoms with Gasteiger partial charge in [-0.3, -0.25) is 4.79 Å². The van der Waals surface area contributed by atoms with E-state index in [9.17, 15) is 9.18 Å². The van der Waals surface area contributed by atoms with Crippen molar-refractivity contribution < 1.29 is 9.18 Å². The van der Waals surface area contributed by atoms with Gasteiger partial charge >= 0.3 is 0 Å². The van der Waals surface area contributed by atoms with E-state index in [0.717, 1.165) is 35.3 Å². The second-order valence-electron chi connectivity index (χ2n) is 7.71. The highest BCUT2D eigenvalue weighted by atomic mass is 19.1. The van der Waals surface area contributed by atoms with Gasteiger partial charge in [0.05, 0.1) is 0 Å². The molecule has 1 atom stereocenters. The van der Waals surface area contributed by atoms with Crippen LogP contribution in [0.5, 0.6) is 0 Å². The van der Waals surface area contributed by atoms with Crippen molar-refractivity contribution in [1.29, 1.82) is 10.8 Å². The smallest absolute Gasteiger partial charge is 0.222 e. The van der Waals surface area contributed by atoms with E-state index in [4.69, 9.17) is 16.6 Å². The number of likely N-dealkylation sites (tertiary alicyclic amines) is 1. The van der Waals surface area contributed by atoms with Crippen LogP contribution in [0.3, 0.4) is 0 Å². The summed E-state index contributed by atoms with van der Waals surface area (Å²) in [7, 11) is 0. The predicted octanol–water partition coefficient (Wildman–Crippen LogP) is 3.67. The summed E-state index contributed by atoms with van der Waals surface area (Å²) in [6.45, 7) is 2.17. The van der Waals surface area contributed by atoms with Gasteiger partial charge in [-0.25, -0.2) is 4.39 Å². The Hall–Kier alpha value is -3.48. The Morgan fingerprint density at radius 1 is 1.23 bits per heavy atom. The first kappa shape index (κ1) is 22.2. The van der Waals surface area contributed by atoms with Gasteiger partial charge in [0, 0.05) is 61.5 Å². The quantitative estimate of drug-likeness (QED) is 0.464. The van der Waals surface area contributed by atoms with Crippen LogP contribution in [0.15, 0.2) is 48.7 Å². The number of aryl methyl sites for hydroxylation is 1. The van der Waals surface area contributed by atoms with Crippen molar-refractivity contribution in [3.05, 3.63) is 71.2 Å². The number of allylic oxidation sites excluding steroid dienone is 1. The molecule has 162 valence electrons. The molecular formula is C24H28FN5O. The molecule has 6 nitrogen and oxygen atoms in total.